The van der Waals surface area contributed by atoms with Crippen molar-refractivity contribution < 1.29 is 19.1 Å². The van der Waals surface area contributed by atoms with Gasteiger partial charge in [0.25, 0.3) is 5.91 Å². The number of hydrogen-bond acceptors (Lipinski definition) is 2. The van der Waals surface area contributed by atoms with E-state index in [0.29, 0.717) is 0 Å². The van der Waals surface area contributed by atoms with E-state index in [1.165, 1.54) is 12.1 Å². The lowest BCUT2D eigenvalue weighted by atomic mass is 10.1. The van der Waals surface area contributed by atoms with Crippen LogP contribution in [0.25, 0.3) is 0 Å². The first-order valence-corrected chi connectivity index (χ1v) is 6.33. The summed E-state index contributed by atoms with van der Waals surface area (Å²) in [5.74, 6) is -1.76. The van der Waals surface area contributed by atoms with Crippen LogP contribution in [0.2, 0.25) is 5.02 Å². The van der Waals surface area contributed by atoms with E-state index in [4.69, 9.17) is 16.7 Å². The highest BCUT2D eigenvalue weighted by molar-refractivity contribution is 6.31. The zero-order valence-corrected chi connectivity index (χ0v) is 10.8. The quantitative estimate of drug-likeness (QED) is 0.873. The second kappa shape index (κ2) is 5.57. The number of nitrogens with one attached hydrogen (secondary N) is 1. The smallest absolute Gasteiger partial charge is 0.305 e. The molecule has 1 unspecified atom stereocenters. The van der Waals surface area contributed by atoms with Gasteiger partial charge in [0.05, 0.1) is 11.4 Å². The van der Waals surface area contributed by atoms with Crippen molar-refractivity contribution in [1.29, 1.82) is 0 Å². The maximum absolute atomic E-state index is 13.0. The van der Waals surface area contributed by atoms with Gasteiger partial charge >= 0.3 is 5.97 Å². The minimum absolute atomic E-state index is 0.106. The molecule has 0 saturated heterocycles. The lowest BCUT2D eigenvalue weighted by molar-refractivity contribution is -0.137. The maximum Gasteiger partial charge on any atom is 0.305 e. The molecule has 19 heavy (non-hydrogen) atoms. The van der Waals surface area contributed by atoms with E-state index in [-0.39, 0.29) is 29.0 Å². The molecule has 1 fully saturated rings. The number of amides is 1. The van der Waals surface area contributed by atoms with Crippen molar-refractivity contribution in [3.05, 3.63) is 34.6 Å². The molecule has 1 aliphatic rings. The van der Waals surface area contributed by atoms with Crippen LogP contribution < -0.4 is 5.32 Å². The molecule has 2 rings (SSSR count). The lowest BCUT2D eigenvalue weighted by Gasteiger charge is -2.16. The fraction of sp³-hybridized carbons (Fsp3) is 0.385. The summed E-state index contributed by atoms with van der Waals surface area (Å²) in [5.41, 5.74) is 0.224. The van der Waals surface area contributed by atoms with Crippen molar-refractivity contribution >= 4 is 23.5 Å². The molecule has 0 heterocycles. The van der Waals surface area contributed by atoms with Crippen molar-refractivity contribution in [2.75, 3.05) is 0 Å². The second-order valence-corrected chi connectivity index (χ2v) is 5.05. The van der Waals surface area contributed by atoms with Crippen LogP contribution in [0.3, 0.4) is 0 Å². The van der Waals surface area contributed by atoms with Gasteiger partial charge in [0, 0.05) is 11.6 Å². The van der Waals surface area contributed by atoms with Gasteiger partial charge < -0.3 is 10.4 Å². The second-order valence-electron chi connectivity index (χ2n) is 4.64. The summed E-state index contributed by atoms with van der Waals surface area (Å²) in [5, 5.41) is 11.3. The molecule has 2 N–H and O–H groups in total. The van der Waals surface area contributed by atoms with Gasteiger partial charge in [-0.15, -0.1) is 0 Å². The Balaban J connectivity index is 2.05. The molecule has 1 aromatic rings. The first kappa shape index (κ1) is 13.8. The molecule has 1 saturated carbocycles. The van der Waals surface area contributed by atoms with E-state index in [0.717, 1.165) is 18.9 Å². The van der Waals surface area contributed by atoms with E-state index in [1.54, 1.807) is 0 Å². The molecule has 0 bridgehead atoms. The van der Waals surface area contributed by atoms with Gasteiger partial charge in [0.1, 0.15) is 5.82 Å². The topological polar surface area (TPSA) is 66.4 Å². The van der Waals surface area contributed by atoms with Crippen LogP contribution in [0.5, 0.6) is 0 Å². The van der Waals surface area contributed by atoms with Crippen molar-refractivity contribution in [2.24, 2.45) is 5.92 Å². The number of carbonyl (C=O) groups excluding carboxylic acids is 1. The highest BCUT2D eigenvalue weighted by Crippen LogP contribution is 2.34. The summed E-state index contributed by atoms with van der Waals surface area (Å²) < 4.78 is 13.0. The van der Waals surface area contributed by atoms with Crippen LogP contribution in [-0.4, -0.2) is 23.0 Å². The number of benzene rings is 1. The van der Waals surface area contributed by atoms with Crippen molar-refractivity contribution in [3.63, 3.8) is 0 Å². The molecule has 0 spiro atoms. The van der Waals surface area contributed by atoms with E-state index in [9.17, 15) is 14.0 Å². The van der Waals surface area contributed by atoms with E-state index in [2.05, 4.69) is 5.32 Å². The summed E-state index contributed by atoms with van der Waals surface area (Å²) in [6, 6.07) is 3.28. The molecule has 1 aromatic carbocycles. The van der Waals surface area contributed by atoms with Crippen LogP contribution in [0.4, 0.5) is 4.39 Å². The SMILES string of the molecule is O=C(O)CC(NC(=O)c1ccc(F)c(Cl)c1)C1CC1. The molecular weight excluding hydrogens is 273 g/mol. The Hall–Kier alpha value is -1.62. The molecule has 102 valence electrons. The number of carboxylic acid groups (broad SMARTS) is 1. The third kappa shape index (κ3) is 3.67. The third-order valence-corrected chi connectivity index (χ3v) is 3.37. The van der Waals surface area contributed by atoms with Gasteiger partial charge in [0.15, 0.2) is 0 Å². The predicted octanol–water partition coefficient (Wildman–Crippen LogP) is 2.46. The third-order valence-electron chi connectivity index (χ3n) is 3.08. The van der Waals surface area contributed by atoms with Crippen LogP contribution in [-0.2, 0) is 4.79 Å². The number of hydrogen-bond donors (Lipinski definition) is 2. The summed E-state index contributed by atoms with van der Waals surface area (Å²) in [7, 11) is 0. The molecule has 1 aliphatic carbocycles. The number of aliphatic carboxylic acids is 1. The zero-order chi connectivity index (χ0) is 14.0. The van der Waals surface area contributed by atoms with Crippen LogP contribution in [0.15, 0.2) is 18.2 Å². The molecule has 4 nitrogen and oxygen atoms in total. The van der Waals surface area contributed by atoms with E-state index in [1.807, 2.05) is 0 Å². The first-order chi connectivity index (χ1) is 8.97. The zero-order valence-electron chi connectivity index (χ0n) is 10.0. The Kier molecular flexibility index (Phi) is 4.04. The van der Waals surface area contributed by atoms with Crippen molar-refractivity contribution in [1.82, 2.24) is 5.32 Å². The average molecular weight is 286 g/mol. The number of carboxylic acids is 1. The largest absolute Gasteiger partial charge is 0.481 e. The monoisotopic (exact) mass is 285 g/mol. The summed E-state index contributed by atoms with van der Waals surface area (Å²) in [4.78, 5) is 22.7. The fourth-order valence-electron chi connectivity index (χ4n) is 1.91. The van der Waals surface area contributed by atoms with Crippen LogP contribution in [0.1, 0.15) is 29.6 Å². The Morgan fingerprint density at radius 3 is 2.68 bits per heavy atom. The summed E-state index contributed by atoms with van der Waals surface area (Å²) in [6.45, 7) is 0. The van der Waals surface area contributed by atoms with Crippen molar-refractivity contribution in [2.45, 2.75) is 25.3 Å². The molecule has 0 radical (unpaired) electrons. The summed E-state index contributed by atoms with van der Waals surface area (Å²) >= 11 is 5.60. The van der Waals surface area contributed by atoms with Gasteiger partial charge in [-0.1, -0.05) is 11.6 Å². The van der Waals surface area contributed by atoms with Crippen molar-refractivity contribution in [3.8, 4) is 0 Å². The van der Waals surface area contributed by atoms with E-state index < -0.39 is 17.7 Å². The normalized spacial score (nSPS) is 15.9. The highest BCUT2D eigenvalue weighted by atomic mass is 35.5. The highest BCUT2D eigenvalue weighted by Gasteiger charge is 2.33. The van der Waals surface area contributed by atoms with Gasteiger partial charge in [-0.05, 0) is 37.0 Å². The minimum atomic E-state index is -0.950. The minimum Gasteiger partial charge on any atom is -0.481 e. The number of carbonyl (C=O) groups is 2. The van der Waals surface area contributed by atoms with Gasteiger partial charge in [-0.3, -0.25) is 9.59 Å². The molecule has 0 aromatic heterocycles. The maximum atomic E-state index is 13.0. The molecular formula is C13H13ClFNO3. The Bertz CT molecular complexity index is 517. The van der Waals surface area contributed by atoms with Gasteiger partial charge in [-0.2, -0.15) is 0 Å². The Labute approximate surface area is 114 Å². The fourth-order valence-corrected chi connectivity index (χ4v) is 2.09. The molecule has 6 heteroatoms. The molecule has 1 atom stereocenters. The number of rotatable bonds is 5. The van der Waals surface area contributed by atoms with Crippen LogP contribution >= 0.6 is 11.6 Å². The molecule has 1 amide bonds. The first-order valence-electron chi connectivity index (χ1n) is 5.95. The predicted molar refractivity (Wildman–Crippen MR) is 67.6 cm³/mol. The Morgan fingerprint density at radius 2 is 2.16 bits per heavy atom. The number of halogens is 2. The standard InChI is InChI=1S/C13H13ClFNO3/c14-9-5-8(3-4-10(9)15)13(19)16-11(6-12(17)18)7-1-2-7/h3-5,7,11H,1-2,6H2,(H,16,19)(H,17,18). The average Bonchev–Trinajstić information content (AvgIpc) is 3.15. The van der Waals surface area contributed by atoms with Crippen LogP contribution in [0, 0.1) is 11.7 Å². The molecule has 0 aliphatic heterocycles. The Morgan fingerprint density at radius 1 is 1.47 bits per heavy atom. The van der Waals surface area contributed by atoms with Gasteiger partial charge in [-0.25, -0.2) is 4.39 Å². The van der Waals surface area contributed by atoms with Gasteiger partial charge in [0.2, 0.25) is 0 Å². The lowest BCUT2D eigenvalue weighted by Crippen LogP contribution is -2.38. The van der Waals surface area contributed by atoms with E-state index >= 15 is 0 Å². The summed E-state index contributed by atoms with van der Waals surface area (Å²) in [6.07, 6.45) is 1.73.